The van der Waals surface area contributed by atoms with Crippen LogP contribution in [0.2, 0.25) is 0 Å². The molecule has 5 fully saturated rings. The standard InChI is InChI=1S/C24H34O4/c1-13-7-8-20-17(5)21(18-12-15(3)14(2)11-16(18)4)25-22-24(20)19(13)9-10-23(6,26-22)27-28-24/h11-13,17,19-22H,7-10H2,1-6H3/t13-,17-,19+,20+,21+,22-,23+,24-/m1/s1. The zero-order valence-electron chi connectivity index (χ0n) is 18.1. The summed E-state index contributed by atoms with van der Waals surface area (Å²) in [6.07, 6.45) is 3.98. The summed E-state index contributed by atoms with van der Waals surface area (Å²) in [6, 6.07) is 4.61. The van der Waals surface area contributed by atoms with Gasteiger partial charge in [0, 0.05) is 12.3 Å². The minimum Gasteiger partial charge on any atom is -0.341 e. The van der Waals surface area contributed by atoms with Crippen LogP contribution in [0.5, 0.6) is 0 Å². The van der Waals surface area contributed by atoms with Gasteiger partial charge < -0.3 is 9.47 Å². The van der Waals surface area contributed by atoms with Crippen molar-refractivity contribution >= 4 is 0 Å². The highest BCUT2D eigenvalue weighted by atomic mass is 17.3. The van der Waals surface area contributed by atoms with Gasteiger partial charge in [0.15, 0.2) is 11.9 Å². The van der Waals surface area contributed by atoms with E-state index >= 15 is 0 Å². The van der Waals surface area contributed by atoms with E-state index in [1.807, 2.05) is 6.92 Å². The van der Waals surface area contributed by atoms with E-state index in [1.165, 1.54) is 28.7 Å². The first kappa shape index (κ1) is 19.0. The summed E-state index contributed by atoms with van der Waals surface area (Å²) in [5.74, 6) is 1.04. The molecule has 4 aliphatic heterocycles. The van der Waals surface area contributed by atoms with Gasteiger partial charge in [0.2, 0.25) is 5.79 Å². The molecular formula is C24H34O4. The fourth-order valence-corrected chi connectivity index (χ4v) is 6.55. The molecule has 5 aliphatic rings. The van der Waals surface area contributed by atoms with E-state index < -0.39 is 11.4 Å². The molecule has 0 unspecified atom stereocenters. The van der Waals surface area contributed by atoms with Crippen molar-refractivity contribution < 1.29 is 19.2 Å². The Labute approximate surface area is 168 Å². The van der Waals surface area contributed by atoms with Crippen molar-refractivity contribution in [2.75, 3.05) is 0 Å². The van der Waals surface area contributed by atoms with Gasteiger partial charge in [-0.1, -0.05) is 26.0 Å². The Kier molecular flexibility index (Phi) is 4.27. The van der Waals surface area contributed by atoms with E-state index in [1.54, 1.807) is 0 Å². The molecule has 0 aromatic heterocycles. The monoisotopic (exact) mass is 386 g/mol. The van der Waals surface area contributed by atoms with Gasteiger partial charge in [-0.3, -0.25) is 0 Å². The number of fused-ring (bicyclic) bond motifs is 2. The average molecular weight is 387 g/mol. The van der Waals surface area contributed by atoms with Crippen LogP contribution in [0.3, 0.4) is 0 Å². The van der Waals surface area contributed by atoms with Crippen LogP contribution in [0.15, 0.2) is 12.1 Å². The van der Waals surface area contributed by atoms with Gasteiger partial charge in [-0.2, -0.15) is 0 Å². The van der Waals surface area contributed by atoms with E-state index in [4.69, 9.17) is 19.2 Å². The van der Waals surface area contributed by atoms with Crippen LogP contribution in [0.4, 0.5) is 0 Å². The second-order valence-corrected chi connectivity index (χ2v) is 10.1. The van der Waals surface area contributed by atoms with Crippen LogP contribution in [0.25, 0.3) is 0 Å². The van der Waals surface area contributed by atoms with Crippen molar-refractivity contribution in [3.8, 4) is 0 Å². The Hall–Kier alpha value is -0.940. The van der Waals surface area contributed by atoms with Crippen molar-refractivity contribution in [3.63, 3.8) is 0 Å². The van der Waals surface area contributed by atoms with Crippen LogP contribution in [-0.4, -0.2) is 17.7 Å². The summed E-state index contributed by atoms with van der Waals surface area (Å²) < 4.78 is 13.3. The summed E-state index contributed by atoms with van der Waals surface area (Å²) >= 11 is 0. The molecule has 2 bridgehead atoms. The number of hydrogen-bond acceptors (Lipinski definition) is 4. The zero-order chi connectivity index (χ0) is 19.8. The molecule has 4 heteroatoms. The van der Waals surface area contributed by atoms with Gasteiger partial charge >= 0.3 is 0 Å². The maximum absolute atomic E-state index is 6.79. The Morgan fingerprint density at radius 3 is 2.43 bits per heavy atom. The first-order valence-corrected chi connectivity index (χ1v) is 11.0. The highest BCUT2D eigenvalue weighted by molar-refractivity contribution is 5.38. The third-order valence-electron chi connectivity index (χ3n) is 8.35. The quantitative estimate of drug-likeness (QED) is 0.594. The van der Waals surface area contributed by atoms with E-state index in [9.17, 15) is 0 Å². The van der Waals surface area contributed by atoms with Crippen LogP contribution in [0.1, 0.15) is 74.8 Å². The first-order valence-electron chi connectivity index (χ1n) is 11.0. The molecule has 0 amide bonds. The third kappa shape index (κ3) is 2.51. The molecule has 4 heterocycles. The summed E-state index contributed by atoms with van der Waals surface area (Å²) in [6.45, 7) is 13.3. The number of rotatable bonds is 1. The summed E-state index contributed by atoms with van der Waals surface area (Å²) in [5.41, 5.74) is 4.79. The number of aryl methyl sites for hydroxylation is 3. The maximum atomic E-state index is 6.79. The van der Waals surface area contributed by atoms with E-state index in [-0.39, 0.29) is 12.4 Å². The van der Waals surface area contributed by atoms with Gasteiger partial charge in [0.05, 0.1) is 6.10 Å². The molecule has 8 atom stereocenters. The fraction of sp³-hybridized carbons (Fsp3) is 0.750. The molecule has 1 aromatic rings. The minimum absolute atomic E-state index is 0.0283. The van der Waals surface area contributed by atoms with Crippen molar-refractivity contribution in [1.82, 2.24) is 0 Å². The summed E-state index contributed by atoms with van der Waals surface area (Å²) in [7, 11) is 0. The lowest BCUT2D eigenvalue weighted by Gasteiger charge is -2.60. The molecule has 1 saturated carbocycles. The first-order chi connectivity index (χ1) is 13.2. The molecule has 1 aromatic carbocycles. The number of hydrogen-bond donors (Lipinski definition) is 0. The van der Waals surface area contributed by atoms with Crippen molar-refractivity contribution in [2.45, 2.75) is 91.0 Å². The van der Waals surface area contributed by atoms with Crippen LogP contribution in [-0.2, 0) is 19.2 Å². The SMILES string of the molecule is Cc1cc(C)c([C@H]2O[C@@H]3O[C@]4(C)CC[C@H]5[C@H](C)CC[C@@H]([C@H]2C)[C@@]35OO4)cc1C. The smallest absolute Gasteiger partial charge is 0.201 e. The lowest BCUT2D eigenvalue weighted by Crippen LogP contribution is -2.69. The highest BCUT2D eigenvalue weighted by Gasteiger charge is 2.69. The number of ether oxygens (including phenoxy) is 2. The lowest BCUT2D eigenvalue weighted by atomic mass is 9.57. The molecule has 1 spiro atoms. The normalized spacial score (nSPS) is 47.5. The molecule has 154 valence electrons. The second-order valence-electron chi connectivity index (χ2n) is 10.1. The molecule has 6 rings (SSSR count). The predicted molar refractivity (Wildman–Crippen MR) is 106 cm³/mol. The minimum atomic E-state index is -0.707. The number of benzene rings is 1. The average Bonchev–Trinajstić information content (AvgIpc) is 2.87. The van der Waals surface area contributed by atoms with Gasteiger partial charge in [-0.25, -0.2) is 9.78 Å². The molecule has 4 nitrogen and oxygen atoms in total. The summed E-state index contributed by atoms with van der Waals surface area (Å²) in [5, 5.41) is 0. The van der Waals surface area contributed by atoms with Crippen molar-refractivity contribution in [2.24, 2.45) is 23.7 Å². The molecule has 0 radical (unpaired) electrons. The van der Waals surface area contributed by atoms with Crippen molar-refractivity contribution in [3.05, 3.63) is 34.4 Å². The van der Waals surface area contributed by atoms with E-state index in [0.717, 1.165) is 19.3 Å². The predicted octanol–water partition coefficient (Wildman–Crippen LogP) is 5.53. The maximum Gasteiger partial charge on any atom is 0.201 e. The van der Waals surface area contributed by atoms with Crippen LogP contribution < -0.4 is 0 Å². The Balaban J connectivity index is 1.60. The van der Waals surface area contributed by atoms with Gasteiger partial charge in [0.1, 0.15) is 0 Å². The van der Waals surface area contributed by atoms with Gasteiger partial charge in [-0.05, 0) is 87.0 Å². The Bertz CT molecular complexity index is 791. The van der Waals surface area contributed by atoms with E-state index in [0.29, 0.717) is 23.7 Å². The highest BCUT2D eigenvalue weighted by Crippen LogP contribution is 2.62. The van der Waals surface area contributed by atoms with Gasteiger partial charge in [-0.15, -0.1) is 0 Å². The molecule has 4 saturated heterocycles. The summed E-state index contributed by atoms with van der Waals surface area (Å²) in [4.78, 5) is 12.2. The molecule has 28 heavy (non-hydrogen) atoms. The second kappa shape index (κ2) is 6.28. The topological polar surface area (TPSA) is 36.9 Å². The van der Waals surface area contributed by atoms with E-state index in [2.05, 4.69) is 46.8 Å². The Morgan fingerprint density at radius 1 is 0.893 bits per heavy atom. The van der Waals surface area contributed by atoms with Crippen LogP contribution >= 0.6 is 0 Å². The fourth-order valence-electron chi connectivity index (χ4n) is 6.55. The molecule has 0 N–H and O–H groups in total. The third-order valence-corrected chi connectivity index (χ3v) is 8.35. The lowest BCUT2D eigenvalue weighted by molar-refractivity contribution is -0.571. The largest absolute Gasteiger partial charge is 0.341 e. The van der Waals surface area contributed by atoms with Crippen molar-refractivity contribution in [1.29, 1.82) is 0 Å². The molecule has 1 aliphatic carbocycles. The van der Waals surface area contributed by atoms with Crippen LogP contribution in [0, 0.1) is 44.4 Å². The zero-order valence-corrected chi connectivity index (χ0v) is 18.1. The molecular weight excluding hydrogens is 352 g/mol. The Morgan fingerprint density at radius 2 is 1.64 bits per heavy atom. The van der Waals surface area contributed by atoms with Gasteiger partial charge in [0.25, 0.3) is 0 Å².